The van der Waals surface area contributed by atoms with Crippen molar-refractivity contribution in [3.05, 3.63) is 11.6 Å². The number of fused-ring (bicyclic) bond motifs is 5. The van der Waals surface area contributed by atoms with Crippen LogP contribution in [0, 0.1) is 34.5 Å². The summed E-state index contributed by atoms with van der Waals surface area (Å²) in [7, 11) is 0. The van der Waals surface area contributed by atoms with E-state index < -0.39 is 5.60 Å². The Morgan fingerprint density at radius 1 is 1.03 bits per heavy atom. The molecule has 4 aliphatic rings. The van der Waals surface area contributed by atoms with Crippen LogP contribution in [0.2, 0.25) is 0 Å². The molecule has 0 aliphatic heterocycles. The fraction of sp³-hybridized carbons (Fsp3) is 0.929. The van der Waals surface area contributed by atoms with Gasteiger partial charge in [0.2, 0.25) is 0 Å². The number of aliphatic hydroxyl groups excluding tert-OH is 1. The average Bonchev–Trinajstić information content (AvgIpc) is 3.03. The normalized spacial score (nSPS) is 45.1. The van der Waals surface area contributed by atoms with E-state index in [-0.39, 0.29) is 6.10 Å². The summed E-state index contributed by atoms with van der Waals surface area (Å²) < 4.78 is 0. The maximum atomic E-state index is 10.7. The third-order valence-electron chi connectivity index (χ3n) is 10.6. The molecule has 4 aliphatic carbocycles. The second kappa shape index (κ2) is 8.54. The Labute approximate surface area is 185 Å². The van der Waals surface area contributed by atoms with Gasteiger partial charge in [-0.15, -0.1) is 0 Å². The molecule has 0 aromatic heterocycles. The van der Waals surface area contributed by atoms with Gasteiger partial charge in [-0.1, -0.05) is 51.7 Å². The molecule has 8 atom stereocenters. The lowest BCUT2D eigenvalue weighted by molar-refractivity contribution is -0.0517. The van der Waals surface area contributed by atoms with E-state index in [1.165, 1.54) is 57.8 Å². The van der Waals surface area contributed by atoms with Crippen LogP contribution in [-0.4, -0.2) is 21.9 Å². The molecule has 0 amide bonds. The van der Waals surface area contributed by atoms with E-state index in [2.05, 4.69) is 33.8 Å². The van der Waals surface area contributed by atoms with Gasteiger partial charge in [0.15, 0.2) is 0 Å². The summed E-state index contributed by atoms with van der Waals surface area (Å²) in [5, 5.41) is 20.9. The van der Waals surface area contributed by atoms with Gasteiger partial charge in [0, 0.05) is 0 Å². The monoisotopic (exact) mass is 416 g/mol. The SMILES string of the molecule is CCCC[C@](C)(O)CCC[C@H]1CCC2C3CC=C4CC(O)CC[C@]4(C)C3CCC21C. The largest absolute Gasteiger partial charge is 0.393 e. The van der Waals surface area contributed by atoms with Crippen molar-refractivity contribution in [1.82, 2.24) is 0 Å². The van der Waals surface area contributed by atoms with E-state index in [9.17, 15) is 10.2 Å². The summed E-state index contributed by atoms with van der Waals surface area (Å²) in [5.41, 5.74) is 2.01. The molecule has 0 saturated heterocycles. The zero-order valence-corrected chi connectivity index (χ0v) is 20.3. The van der Waals surface area contributed by atoms with Crippen molar-refractivity contribution in [2.24, 2.45) is 34.5 Å². The van der Waals surface area contributed by atoms with E-state index in [1.54, 1.807) is 5.57 Å². The molecule has 172 valence electrons. The first kappa shape index (κ1) is 22.8. The topological polar surface area (TPSA) is 40.5 Å². The van der Waals surface area contributed by atoms with Crippen LogP contribution in [0.25, 0.3) is 0 Å². The van der Waals surface area contributed by atoms with E-state index in [0.717, 1.165) is 55.8 Å². The van der Waals surface area contributed by atoms with E-state index in [4.69, 9.17) is 0 Å². The van der Waals surface area contributed by atoms with Crippen molar-refractivity contribution in [3.8, 4) is 0 Å². The molecule has 0 heterocycles. The lowest BCUT2D eigenvalue weighted by Crippen LogP contribution is -2.50. The Morgan fingerprint density at radius 3 is 2.57 bits per heavy atom. The minimum absolute atomic E-state index is 0.0971. The molecule has 4 rings (SSSR count). The lowest BCUT2D eigenvalue weighted by atomic mass is 9.47. The van der Waals surface area contributed by atoms with Crippen molar-refractivity contribution < 1.29 is 10.2 Å². The smallest absolute Gasteiger partial charge is 0.0619 e. The quantitative estimate of drug-likeness (QED) is 0.437. The number of hydrogen-bond donors (Lipinski definition) is 2. The van der Waals surface area contributed by atoms with Crippen molar-refractivity contribution in [2.45, 2.75) is 129 Å². The second-order valence-electron chi connectivity index (χ2n) is 12.5. The average molecular weight is 417 g/mol. The molecule has 3 saturated carbocycles. The third kappa shape index (κ3) is 4.05. The van der Waals surface area contributed by atoms with Crippen molar-refractivity contribution in [2.75, 3.05) is 0 Å². The molecule has 5 unspecified atom stereocenters. The number of allylic oxidation sites excluding steroid dienone is 1. The zero-order chi connectivity index (χ0) is 21.6. The van der Waals surface area contributed by atoms with Crippen molar-refractivity contribution >= 4 is 0 Å². The van der Waals surface area contributed by atoms with Gasteiger partial charge in [-0.05, 0) is 112 Å². The van der Waals surface area contributed by atoms with Gasteiger partial charge in [0.25, 0.3) is 0 Å². The van der Waals surface area contributed by atoms with Crippen LogP contribution in [0.3, 0.4) is 0 Å². The Bertz CT molecular complexity index is 637. The van der Waals surface area contributed by atoms with Gasteiger partial charge in [-0.2, -0.15) is 0 Å². The standard InChI is InChI=1S/C28H48O2/c1-5-6-15-26(2,30)16-7-8-20-10-12-24-23-11-9-21-19-22(29)13-17-28(21,4)25(23)14-18-27(20,24)3/h9,20,22-25,29-30H,5-8,10-19H2,1-4H3/t20-,22?,23?,24?,25?,26-,27?,28-/m0/s1. The molecule has 2 nitrogen and oxygen atoms in total. The summed E-state index contributed by atoms with van der Waals surface area (Å²) >= 11 is 0. The molecule has 2 heteroatoms. The number of unbranched alkanes of at least 4 members (excludes halogenated alkanes) is 1. The highest BCUT2D eigenvalue weighted by Crippen LogP contribution is 2.66. The predicted molar refractivity (Wildman–Crippen MR) is 125 cm³/mol. The Morgan fingerprint density at radius 2 is 1.80 bits per heavy atom. The van der Waals surface area contributed by atoms with Gasteiger partial charge >= 0.3 is 0 Å². The highest BCUT2D eigenvalue weighted by Gasteiger charge is 2.58. The fourth-order valence-corrected chi connectivity index (χ4v) is 8.64. The van der Waals surface area contributed by atoms with E-state index >= 15 is 0 Å². The van der Waals surface area contributed by atoms with Crippen LogP contribution >= 0.6 is 0 Å². The van der Waals surface area contributed by atoms with Gasteiger partial charge in [0.1, 0.15) is 0 Å². The Hall–Kier alpha value is -0.340. The summed E-state index contributed by atoms with van der Waals surface area (Å²) in [5.74, 6) is 3.46. The fourth-order valence-electron chi connectivity index (χ4n) is 8.64. The predicted octanol–water partition coefficient (Wildman–Crippen LogP) is 7.04. The number of rotatable bonds is 7. The lowest BCUT2D eigenvalue weighted by Gasteiger charge is -2.58. The number of aliphatic hydroxyl groups is 2. The van der Waals surface area contributed by atoms with Gasteiger partial charge < -0.3 is 10.2 Å². The molecular formula is C28H48O2. The molecule has 0 aromatic rings. The molecule has 2 N–H and O–H groups in total. The molecule has 0 spiro atoms. The molecular weight excluding hydrogens is 368 g/mol. The van der Waals surface area contributed by atoms with Gasteiger partial charge in [-0.25, -0.2) is 0 Å². The molecule has 0 bridgehead atoms. The minimum atomic E-state index is -0.461. The molecule has 0 radical (unpaired) electrons. The van der Waals surface area contributed by atoms with Crippen LogP contribution in [-0.2, 0) is 0 Å². The molecule has 0 aromatic carbocycles. The summed E-state index contributed by atoms with van der Waals surface area (Å²) in [6, 6.07) is 0. The molecule has 3 fully saturated rings. The van der Waals surface area contributed by atoms with Crippen molar-refractivity contribution in [3.63, 3.8) is 0 Å². The van der Waals surface area contributed by atoms with Crippen LogP contribution in [0.15, 0.2) is 11.6 Å². The van der Waals surface area contributed by atoms with Gasteiger partial charge in [0.05, 0.1) is 11.7 Å². The summed E-state index contributed by atoms with van der Waals surface area (Å²) in [6.45, 7) is 9.44. The summed E-state index contributed by atoms with van der Waals surface area (Å²) in [4.78, 5) is 0. The van der Waals surface area contributed by atoms with Crippen LogP contribution < -0.4 is 0 Å². The first-order valence-corrected chi connectivity index (χ1v) is 13.3. The molecule has 30 heavy (non-hydrogen) atoms. The van der Waals surface area contributed by atoms with Crippen LogP contribution in [0.1, 0.15) is 118 Å². The first-order valence-electron chi connectivity index (χ1n) is 13.3. The number of hydrogen-bond acceptors (Lipinski definition) is 2. The Kier molecular flexibility index (Phi) is 6.50. The zero-order valence-electron chi connectivity index (χ0n) is 20.3. The van der Waals surface area contributed by atoms with E-state index in [0.29, 0.717) is 10.8 Å². The van der Waals surface area contributed by atoms with E-state index in [1.807, 2.05) is 0 Å². The highest BCUT2D eigenvalue weighted by atomic mass is 16.3. The Balaban J connectivity index is 1.40. The van der Waals surface area contributed by atoms with Crippen LogP contribution in [0.5, 0.6) is 0 Å². The highest BCUT2D eigenvalue weighted by molar-refractivity contribution is 5.25. The maximum absolute atomic E-state index is 10.7. The first-order chi connectivity index (χ1) is 14.2. The van der Waals surface area contributed by atoms with Crippen LogP contribution in [0.4, 0.5) is 0 Å². The summed E-state index contributed by atoms with van der Waals surface area (Å²) in [6.07, 6.45) is 19.3. The maximum Gasteiger partial charge on any atom is 0.0619 e. The minimum Gasteiger partial charge on any atom is -0.393 e. The third-order valence-corrected chi connectivity index (χ3v) is 10.6. The van der Waals surface area contributed by atoms with Crippen molar-refractivity contribution in [1.29, 1.82) is 0 Å². The van der Waals surface area contributed by atoms with Gasteiger partial charge in [-0.3, -0.25) is 0 Å². The second-order valence-corrected chi connectivity index (χ2v) is 12.5.